The zero-order valence-corrected chi connectivity index (χ0v) is 43.6. The first kappa shape index (κ1) is 59.0. The predicted octanol–water partition coefficient (Wildman–Crippen LogP) is 8.23. The molecule has 0 radical (unpaired) electrons. The van der Waals surface area contributed by atoms with Gasteiger partial charge in [0.25, 0.3) is 0 Å². The molecular weight excluding hydrogens is 893 g/mol. The highest BCUT2D eigenvalue weighted by atomic mass is 16.5. The zero-order valence-electron chi connectivity index (χ0n) is 43.6. The van der Waals surface area contributed by atoms with E-state index in [4.69, 9.17) is 19.9 Å². The monoisotopic (exact) mass is 983 g/mol. The number of nitrogens with one attached hydrogen (secondary N) is 1. The SMILES string of the molecule is CCCCCCC(=O)COCCOCCNC(=O)CCC(=O)COC1CC[C@]2(C)C3C[C@H](O)[C@@]4(C)C(CC[C@@H]4[C@H](C)CCC(=O)O)[C@@H]3[C@H](O)C[C@@H]2C1.CCCCc1ccc(C(=O)CC(C)C(N)=O)cc1. The summed E-state index contributed by atoms with van der Waals surface area (Å²) < 4.78 is 16.9. The number of fused-ring (bicyclic) bond motifs is 5. The molecule has 0 heterocycles. The number of benzene rings is 1. The minimum absolute atomic E-state index is 0.0233. The van der Waals surface area contributed by atoms with Gasteiger partial charge in [0.15, 0.2) is 17.3 Å². The summed E-state index contributed by atoms with van der Waals surface area (Å²) >= 11 is 0. The number of Topliss-reactive ketones (excluding diaryl/α,β-unsaturated/α-hetero) is 3. The van der Waals surface area contributed by atoms with Crippen molar-refractivity contribution in [3.8, 4) is 0 Å². The molecule has 0 saturated heterocycles. The second kappa shape index (κ2) is 29.2. The van der Waals surface area contributed by atoms with E-state index in [1.165, 1.54) is 5.56 Å². The number of aliphatic hydroxyl groups excluding tert-OH is 2. The number of aliphatic hydroxyl groups is 2. The Morgan fingerprint density at radius 3 is 2.17 bits per heavy atom. The summed E-state index contributed by atoms with van der Waals surface area (Å²) in [6, 6.07) is 7.64. The number of ketones is 3. The minimum Gasteiger partial charge on any atom is -0.481 e. The molecule has 14 heteroatoms. The van der Waals surface area contributed by atoms with Crippen LogP contribution in [0.15, 0.2) is 24.3 Å². The van der Waals surface area contributed by atoms with Gasteiger partial charge in [-0.1, -0.05) is 91.5 Å². The van der Waals surface area contributed by atoms with Gasteiger partial charge in [-0.15, -0.1) is 0 Å². The lowest BCUT2D eigenvalue weighted by Crippen LogP contribution is -2.62. The summed E-state index contributed by atoms with van der Waals surface area (Å²) in [5.41, 5.74) is 6.71. The number of hydrogen-bond donors (Lipinski definition) is 5. The van der Waals surface area contributed by atoms with Gasteiger partial charge in [0.05, 0.1) is 38.1 Å². The highest BCUT2D eigenvalue weighted by molar-refractivity contribution is 5.98. The number of hydrogen-bond acceptors (Lipinski definition) is 11. The third-order valence-corrected chi connectivity index (χ3v) is 17.0. The van der Waals surface area contributed by atoms with E-state index in [-0.39, 0.29) is 115 Å². The highest BCUT2D eigenvalue weighted by Gasteiger charge is 2.65. The number of unbranched alkanes of at least 4 members (excludes halogenated alkanes) is 4. The molecule has 1 aromatic carbocycles. The maximum atomic E-state index is 12.6. The number of aliphatic carboxylic acids is 1. The van der Waals surface area contributed by atoms with Crippen LogP contribution >= 0.6 is 0 Å². The summed E-state index contributed by atoms with van der Waals surface area (Å²) in [5.74, 6) is -0.595. The summed E-state index contributed by atoms with van der Waals surface area (Å²) in [5, 5.41) is 35.5. The molecule has 4 unspecified atom stereocenters. The van der Waals surface area contributed by atoms with Crippen LogP contribution in [0.4, 0.5) is 0 Å². The van der Waals surface area contributed by atoms with Crippen molar-refractivity contribution in [2.75, 3.05) is 39.6 Å². The number of carbonyl (C=O) groups excluding carboxylic acids is 5. The average Bonchev–Trinajstić information content (AvgIpc) is 3.69. The molecule has 0 aromatic heterocycles. The van der Waals surface area contributed by atoms with E-state index in [2.05, 4.69) is 39.9 Å². The van der Waals surface area contributed by atoms with Crippen molar-refractivity contribution in [2.45, 2.75) is 188 Å². The van der Waals surface area contributed by atoms with Crippen molar-refractivity contribution in [3.05, 3.63) is 35.4 Å². The Labute approximate surface area is 418 Å². The molecule has 4 aliphatic carbocycles. The lowest BCUT2D eigenvalue weighted by molar-refractivity contribution is -0.209. The molecule has 0 aliphatic heterocycles. The van der Waals surface area contributed by atoms with Gasteiger partial charge < -0.3 is 40.6 Å². The fourth-order valence-electron chi connectivity index (χ4n) is 12.7. The Morgan fingerprint density at radius 1 is 0.786 bits per heavy atom. The molecule has 4 saturated carbocycles. The number of primary amides is 1. The van der Waals surface area contributed by atoms with E-state index in [0.717, 1.165) is 77.0 Å². The van der Waals surface area contributed by atoms with E-state index in [9.17, 15) is 44.1 Å². The number of nitrogens with two attached hydrogens (primary N) is 1. The van der Waals surface area contributed by atoms with Gasteiger partial charge in [-0.2, -0.15) is 0 Å². The van der Waals surface area contributed by atoms with E-state index in [0.29, 0.717) is 57.6 Å². The molecule has 4 fully saturated rings. The van der Waals surface area contributed by atoms with Crippen molar-refractivity contribution in [2.24, 2.45) is 58.0 Å². The Balaban J connectivity index is 0.000000497. The van der Waals surface area contributed by atoms with Crippen molar-refractivity contribution >= 4 is 35.1 Å². The van der Waals surface area contributed by atoms with Crippen molar-refractivity contribution < 1.29 is 58.3 Å². The molecule has 396 valence electrons. The molecule has 1 aromatic rings. The lowest BCUT2D eigenvalue weighted by atomic mass is 9.43. The first-order chi connectivity index (χ1) is 33.3. The topological polar surface area (TPSA) is 229 Å². The third-order valence-electron chi connectivity index (χ3n) is 17.0. The lowest BCUT2D eigenvalue weighted by Gasteiger charge is -2.63. The van der Waals surface area contributed by atoms with Crippen LogP contribution < -0.4 is 11.1 Å². The number of carboxylic acids is 1. The molecular formula is C56H90N2O12. The quantitative estimate of drug-likeness (QED) is 0.0363. The average molecular weight is 983 g/mol. The van der Waals surface area contributed by atoms with E-state index in [1.54, 1.807) is 6.92 Å². The molecule has 0 bridgehead atoms. The number of ether oxygens (including phenoxy) is 3. The first-order valence-corrected chi connectivity index (χ1v) is 26.9. The van der Waals surface area contributed by atoms with E-state index < -0.39 is 30.0 Å². The van der Waals surface area contributed by atoms with Gasteiger partial charge >= 0.3 is 5.97 Å². The molecule has 70 heavy (non-hydrogen) atoms. The third kappa shape index (κ3) is 17.0. The van der Waals surface area contributed by atoms with E-state index >= 15 is 0 Å². The molecule has 0 spiro atoms. The van der Waals surface area contributed by atoms with Crippen LogP contribution in [0.1, 0.15) is 179 Å². The smallest absolute Gasteiger partial charge is 0.303 e. The van der Waals surface area contributed by atoms with Crippen LogP contribution in [0.5, 0.6) is 0 Å². The fourth-order valence-corrected chi connectivity index (χ4v) is 12.7. The standard InChI is InChI=1S/C41H69NO10.C15H21NO2/c1-5-6-7-8-9-29(43)25-51-21-20-50-19-18-42-37(47)14-11-30(44)26-52-31-16-17-40(3)28(22-31)23-35(45)39-33-13-12-32(27(2)10-15-38(48)49)41(33,4)36(46)24-34(39)40;1-3-4-5-12-6-8-13(9-7-12)14(17)10-11(2)15(16)18/h27-28,31-36,39,45-46H,5-26H2,1-4H3,(H,42,47)(H,48,49);6-9,11H,3-5,10H2,1-2H3,(H2,16,18)/t27-,28+,31?,32-,33?,34?,35-,36+,39+,40+,41-;/m1./s1. The molecule has 14 nitrogen and oxygen atoms in total. The summed E-state index contributed by atoms with van der Waals surface area (Å²) in [6.07, 6.45) is 14.2. The normalized spacial score (nSPS) is 28.7. The number of amides is 2. The van der Waals surface area contributed by atoms with Crippen LogP contribution in [0.2, 0.25) is 0 Å². The number of aryl methyl sites for hydroxylation is 1. The van der Waals surface area contributed by atoms with Gasteiger partial charge in [-0.3, -0.25) is 28.8 Å². The Morgan fingerprint density at radius 2 is 1.49 bits per heavy atom. The van der Waals surface area contributed by atoms with Crippen molar-refractivity contribution in [3.63, 3.8) is 0 Å². The van der Waals surface area contributed by atoms with Gasteiger partial charge in [0, 0.05) is 50.1 Å². The molecule has 4 aliphatic rings. The fraction of sp³-hybridized carbons (Fsp3) is 0.786. The molecule has 2 amide bonds. The van der Waals surface area contributed by atoms with Gasteiger partial charge in [-0.25, -0.2) is 0 Å². The molecule has 5 rings (SSSR count). The van der Waals surface area contributed by atoms with Crippen LogP contribution in [0, 0.1) is 52.3 Å². The zero-order chi connectivity index (χ0) is 51.4. The highest BCUT2D eigenvalue weighted by Crippen LogP contribution is 2.68. The number of carbonyl (C=O) groups is 6. The van der Waals surface area contributed by atoms with Crippen LogP contribution in [-0.2, 0) is 44.6 Å². The summed E-state index contributed by atoms with van der Waals surface area (Å²) in [6.45, 7) is 14.1. The molecule has 6 N–H and O–H groups in total. The van der Waals surface area contributed by atoms with Crippen LogP contribution in [0.3, 0.4) is 0 Å². The van der Waals surface area contributed by atoms with Gasteiger partial charge in [0.1, 0.15) is 13.2 Å². The minimum atomic E-state index is -0.778. The largest absolute Gasteiger partial charge is 0.481 e. The maximum absolute atomic E-state index is 12.6. The predicted molar refractivity (Wildman–Crippen MR) is 269 cm³/mol. The van der Waals surface area contributed by atoms with Crippen molar-refractivity contribution in [1.82, 2.24) is 5.32 Å². The number of carboxylic acid groups (broad SMARTS) is 1. The Kier molecular flexibility index (Phi) is 24.6. The second-order valence-corrected chi connectivity index (χ2v) is 21.8. The van der Waals surface area contributed by atoms with E-state index in [1.807, 2.05) is 24.3 Å². The Hall–Kier alpha value is -3.56. The first-order valence-electron chi connectivity index (χ1n) is 26.9. The van der Waals surface area contributed by atoms with Gasteiger partial charge in [0.2, 0.25) is 11.8 Å². The number of rotatable bonds is 30. The van der Waals surface area contributed by atoms with Crippen LogP contribution in [0.25, 0.3) is 0 Å². The summed E-state index contributed by atoms with van der Waals surface area (Å²) in [7, 11) is 0. The Bertz CT molecular complexity index is 1820. The van der Waals surface area contributed by atoms with Crippen LogP contribution in [-0.4, -0.2) is 108 Å². The summed E-state index contributed by atoms with van der Waals surface area (Å²) in [4.78, 5) is 70.7. The van der Waals surface area contributed by atoms with Crippen molar-refractivity contribution in [1.29, 1.82) is 0 Å². The van der Waals surface area contributed by atoms with Gasteiger partial charge in [-0.05, 0) is 123 Å². The molecule has 12 atom stereocenters. The second-order valence-electron chi connectivity index (χ2n) is 21.8. The maximum Gasteiger partial charge on any atom is 0.303 e.